The van der Waals surface area contributed by atoms with Gasteiger partial charge in [-0.3, -0.25) is 0 Å². The summed E-state index contributed by atoms with van der Waals surface area (Å²) in [6, 6.07) is -0.700. The van der Waals surface area contributed by atoms with E-state index in [9.17, 15) is 14.7 Å². The Labute approximate surface area is 137 Å². The standard InChI is InChI=1S/C16H29N3O4/c1-16(2,3)23-15(22)18-12-6-10(7-13(20)11-4-5-11)8-19(9-12)14(17)21/h10-13,20H,4-9H2,1-3H3,(H2,17,21)(H,18,22). The van der Waals surface area contributed by atoms with Crippen LogP contribution in [0.3, 0.4) is 0 Å². The second kappa shape index (κ2) is 6.95. The molecule has 1 heterocycles. The molecule has 7 nitrogen and oxygen atoms in total. The molecule has 4 N–H and O–H groups in total. The molecule has 2 fully saturated rings. The number of piperidine rings is 1. The number of amides is 3. The lowest BCUT2D eigenvalue weighted by Crippen LogP contribution is -2.54. The van der Waals surface area contributed by atoms with E-state index in [0.717, 1.165) is 12.8 Å². The zero-order valence-electron chi connectivity index (χ0n) is 14.2. The van der Waals surface area contributed by atoms with E-state index in [-0.39, 0.29) is 18.1 Å². The molecule has 2 aliphatic rings. The minimum Gasteiger partial charge on any atom is -0.444 e. The molecule has 0 spiro atoms. The Hall–Kier alpha value is -1.50. The summed E-state index contributed by atoms with van der Waals surface area (Å²) < 4.78 is 5.27. The minimum absolute atomic E-state index is 0.131. The van der Waals surface area contributed by atoms with Gasteiger partial charge in [-0.1, -0.05) is 0 Å². The SMILES string of the molecule is CC(C)(C)OC(=O)NC1CC(CC(O)C2CC2)CN(C(N)=O)C1. The van der Waals surface area contributed by atoms with Crippen LogP contribution in [0.2, 0.25) is 0 Å². The molecular weight excluding hydrogens is 298 g/mol. The molecule has 132 valence electrons. The van der Waals surface area contributed by atoms with Gasteiger partial charge in [0.2, 0.25) is 0 Å². The van der Waals surface area contributed by atoms with Crippen molar-refractivity contribution in [1.82, 2.24) is 10.2 Å². The number of rotatable bonds is 4. The Morgan fingerprint density at radius 2 is 2.00 bits per heavy atom. The van der Waals surface area contributed by atoms with Crippen LogP contribution in [0, 0.1) is 11.8 Å². The van der Waals surface area contributed by atoms with Gasteiger partial charge in [-0.05, 0) is 58.3 Å². The van der Waals surface area contributed by atoms with Gasteiger partial charge in [0, 0.05) is 13.1 Å². The van der Waals surface area contributed by atoms with E-state index >= 15 is 0 Å². The van der Waals surface area contributed by atoms with Gasteiger partial charge >= 0.3 is 12.1 Å². The molecule has 23 heavy (non-hydrogen) atoms. The van der Waals surface area contributed by atoms with Crippen LogP contribution in [0.25, 0.3) is 0 Å². The number of alkyl carbamates (subject to hydrolysis) is 1. The lowest BCUT2D eigenvalue weighted by molar-refractivity contribution is 0.0436. The number of aliphatic hydroxyl groups is 1. The topological polar surface area (TPSA) is 105 Å². The maximum absolute atomic E-state index is 11.9. The van der Waals surface area contributed by atoms with Crippen molar-refractivity contribution in [2.24, 2.45) is 17.6 Å². The van der Waals surface area contributed by atoms with E-state index in [4.69, 9.17) is 10.5 Å². The summed E-state index contributed by atoms with van der Waals surface area (Å²) in [6.45, 7) is 6.32. The predicted molar refractivity (Wildman–Crippen MR) is 85.8 cm³/mol. The maximum atomic E-state index is 11.9. The lowest BCUT2D eigenvalue weighted by atomic mass is 9.88. The largest absolute Gasteiger partial charge is 0.444 e. The average Bonchev–Trinajstić information content (AvgIpc) is 3.19. The zero-order chi connectivity index (χ0) is 17.2. The summed E-state index contributed by atoms with van der Waals surface area (Å²) >= 11 is 0. The number of carbonyl (C=O) groups is 2. The number of hydrogen-bond acceptors (Lipinski definition) is 4. The van der Waals surface area contributed by atoms with Gasteiger partial charge in [0.05, 0.1) is 12.1 Å². The molecule has 0 aromatic rings. The number of ether oxygens (including phenoxy) is 1. The summed E-state index contributed by atoms with van der Waals surface area (Å²) in [6.07, 6.45) is 2.69. The Morgan fingerprint density at radius 3 is 2.52 bits per heavy atom. The van der Waals surface area contributed by atoms with Crippen molar-refractivity contribution in [1.29, 1.82) is 0 Å². The van der Waals surface area contributed by atoms with Gasteiger partial charge in [-0.2, -0.15) is 0 Å². The number of carbonyl (C=O) groups excluding carboxylic acids is 2. The molecule has 0 bridgehead atoms. The van der Waals surface area contributed by atoms with Crippen LogP contribution in [0.4, 0.5) is 9.59 Å². The summed E-state index contributed by atoms with van der Waals surface area (Å²) in [7, 11) is 0. The van der Waals surface area contributed by atoms with Gasteiger partial charge in [0.1, 0.15) is 5.60 Å². The molecule has 3 atom stereocenters. The number of likely N-dealkylation sites (tertiary alicyclic amines) is 1. The van der Waals surface area contributed by atoms with Crippen LogP contribution < -0.4 is 11.1 Å². The summed E-state index contributed by atoms with van der Waals surface area (Å²) in [5, 5.41) is 13.0. The summed E-state index contributed by atoms with van der Waals surface area (Å²) in [4.78, 5) is 25.0. The fraction of sp³-hybridized carbons (Fsp3) is 0.875. The molecule has 0 aromatic heterocycles. The molecular formula is C16H29N3O4. The first kappa shape index (κ1) is 17.8. The average molecular weight is 327 g/mol. The van der Waals surface area contributed by atoms with E-state index in [1.807, 2.05) is 0 Å². The molecule has 3 unspecified atom stereocenters. The predicted octanol–water partition coefficient (Wildman–Crippen LogP) is 1.44. The van der Waals surface area contributed by atoms with Crippen LogP contribution in [-0.4, -0.2) is 53.0 Å². The number of nitrogens with one attached hydrogen (secondary N) is 1. The Balaban J connectivity index is 1.91. The zero-order valence-corrected chi connectivity index (χ0v) is 14.2. The highest BCUT2D eigenvalue weighted by Crippen LogP contribution is 2.36. The molecule has 3 amide bonds. The van der Waals surface area contributed by atoms with Crippen molar-refractivity contribution in [3.8, 4) is 0 Å². The molecule has 2 rings (SSSR count). The van der Waals surface area contributed by atoms with Gasteiger partial charge in [-0.25, -0.2) is 9.59 Å². The highest BCUT2D eigenvalue weighted by molar-refractivity contribution is 5.72. The van der Waals surface area contributed by atoms with E-state index in [0.29, 0.717) is 31.8 Å². The Morgan fingerprint density at radius 1 is 1.35 bits per heavy atom. The highest BCUT2D eigenvalue weighted by atomic mass is 16.6. The van der Waals surface area contributed by atoms with Crippen LogP contribution in [-0.2, 0) is 4.74 Å². The van der Waals surface area contributed by atoms with Crippen molar-refractivity contribution < 1.29 is 19.4 Å². The third kappa shape index (κ3) is 5.89. The first-order chi connectivity index (χ1) is 10.6. The van der Waals surface area contributed by atoms with Crippen molar-refractivity contribution in [3.05, 3.63) is 0 Å². The van der Waals surface area contributed by atoms with E-state index in [1.165, 1.54) is 4.90 Å². The quantitative estimate of drug-likeness (QED) is 0.726. The number of aliphatic hydroxyl groups excluding tert-OH is 1. The molecule has 0 radical (unpaired) electrons. The first-order valence-corrected chi connectivity index (χ1v) is 8.36. The van der Waals surface area contributed by atoms with E-state index < -0.39 is 17.7 Å². The van der Waals surface area contributed by atoms with Crippen LogP contribution in [0.5, 0.6) is 0 Å². The fourth-order valence-corrected chi connectivity index (χ4v) is 3.15. The normalized spacial score (nSPS) is 26.5. The number of nitrogens with zero attached hydrogens (tertiary/aromatic N) is 1. The van der Waals surface area contributed by atoms with Crippen molar-refractivity contribution in [2.75, 3.05) is 13.1 Å². The molecule has 1 aliphatic carbocycles. The summed E-state index contributed by atoms with van der Waals surface area (Å²) in [5.74, 6) is 0.531. The van der Waals surface area contributed by atoms with Gasteiger partial charge in [0.25, 0.3) is 0 Å². The Kier molecular flexibility index (Phi) is 5.39. The number of hydrogen-bond donors (Lipinski definition) is 3. The monoisotopic (exact) mass is 327 g/mol. The second-order valence-electron chi connectivity index (χ2n) is 7.83. The van der Waals surface area contributed by atoms with Crippen molar-refractivity contribution in [2.45, 2.75) is 64.2 Å². The van der Waals surface area contributed by atoms with Crippen LogP contribution in [0.1, 0.15) is 46.5 Å². The van der Waals surface area contributed by atoms with Crippen LogP contribution in [0.15, 0.2) is 0 Å². The number of nitrogens with two attached hydrogens (primary N) is 1. The highest BCUT2D eigenvalue weighted by Gasteiger charge is 2.36. The smallest absolute Gasteiger partial charge is 0.407 e. The van der Waals surface area contributed by atoms with E-state index in [2.05, 4.69) is 5.32 Å². The van der Waals surface area contributed by atoms with Crippen molar-refractivity contribution in [3.63, 3.8) is 0 Å². The molecule has 0 aromatic carbocycles. The van der Waals surface area contributed by atoms with E-state index in [1.54, 1.807) is 20.8 Å². The maximum Gasteiger partial charge on any atom is 0.407 e. The lowest BCUT2D eigenvalue weighted by Gasteiger charge is -2.38. The number of primary amides is 1. The number of urea groups is 1. The van der Waals surface area contributed by atoms with Gasteiger partial charge in [-0.15, -0.1) is 0 Å². The fourth-order valence-electron chi connectivity index (χ4n) is 3.15. The molecule has 1 aliphatic heterocycles. The van der Waals surface area contributed by atoms with Crippen molar-refractivity contribution >= 4 is 12.1 Å². The summed E-state index contributed by atoms with van der Waals surface area (Å²) in [5.41, 5.74) is 4.84. The third-order valence-electron chi connectivity index (χ3n) is 4.31. The van der Waals surface area contributed by atoms with Gasteiger partial charge in [0.15, 0.2) is 0 Å². The third-order valence-corrected chi connectivity index (χ3v) is 4.31. The molecule has 7 heteroatoms. The van der Waals surface area contributed by atoms with Crippen LogP contribution >= 0.6 is 0 Å². The molecule has 1 saturated heterocycles. The minimum atomic E-state index is -0.566. The second-order valence-corrected chi connectivity index (χ2v) is 7.83. The Bertz CT molecular complexity index is 445. The molecule has 1 saturated carbocycles. The van der Waals surface area contributed by atoms with Gasteiger partial charge < -0.3 is 25.8 Å². The first-order valence-electron chi connectivity index (χ1n) is 8.36.